The minimum atomic E-state index is -0.165. The lowest BCUT2D eigenvalue weighted by molar-refractivity contribution is 0.102. The number of rotatable bonds is 6. The number of amides is 1. The molecular weight excluding hydrogens is 412 g/mol. The fourth-order valence-corrected chi connectivity index (χ4v) is 3.65. The highest BCUT2D eigenvalue weighted by atomic mass is 16.1. The molecule has 33 heavy (non-hydrogen) atoms. The monoisotopic (exact) mass is 434 g/mol. The van der Waals surface area contributed by atoms with Crippen LogP contribution in [0.2, 0.25) is 0 Å². The molecule has 5 aromatic rings. The van der Waals surface area contributed by atoms with E-state index in [1.165, 1.54) is 0 Å². The normalized spacial score (nSPS) is 11.8. The van der Waals surface area contributed by atoms with Gasteiger partial charge in [0, 0.05) is 17.3 Å². The van der Waals surface area contributed by atoms with Crippen molar-refractivity contribution in [2.45, 2.75) is 13.0 Å². The molecule has 7 heteroatoms. The van der Waals surface area contributed by atoms with Gasteiger partial charge in [0.2, 0.25) is 0 Å². The van der Waals surface area contributed by atoms with Crippen LogP contribution in [0.3, 0.4) is 0 Å². The summed E-state index contributed by atoms with van der Waals surface area (Å²) in [4.78, 5) is 26.1. The Morgan fingerprint density at radius 2 is 1.70 bits per heavy atom. The van der Waals surface area contributed by atoms with Crippen LogP contribution in [-0.4, -0.2) is 25.4 Å². The van der Waals surface area contributed by atoms with Crippen molar-refractivity contribution in [3.8, 4) is 5.82 Å². The largest absolute Gasteiger partial charge is 0.362 e. The lowest BCUT2D eigenvalue weighted by Crippen LogP contribution is -2.11. The van der Waals surface area contributed by atoms with Crippen LogP contribution in [0, 0.1) is 0 Å². The van der Waals surface area contributed by atoms with E-state index < -0.39 is 0 Å². The molecule has 5 rings (SSSR count). The van der Waals surface area contributed by atoms with Crippen molar-refractivity contribution in [2.24, 2.45) is 0 Å². The van der Waals surface area contributed by atoms with Crippen LogP contribution in [0.5, 0.6) is 0 Å². The maximum Gasteiger partial charge on any atom is 0.255 e. The number of benzene rings is 3. The van der Waals surface area contributed by atoms with Crippen molar-refractivity contribution in [1.29, 1.82) is 0 Å². The van der Waals surface area contributed by atoms with Gasteiger partial charge in [-0.05, 0) is 42.8 Å². The summed E-state index contributed by atoms with van der Waals surface area (Å²) in [5.74, 6) is 1.13. The molecule has 162 valence electrons. The Kier molecular flexibility index (Phi) is 5.51. The number of imidazole rings is 1. The highest BCUT2D eigenvalue weighted by Crippen LogP contribution is 2.23. The number of aromatic nitrogens is 4. The average Bonchev–Trinajstić information content (AvgIpc) is 3.28. The highest BCUT2D eigenvalue weighted by Gasteiger charge is 2.12. The first-order valence-electron chi connectivity index (χ1n) is 10.6. The van der Waals surface area contributed by atoms with Crippen LogP contribution >= 0.6 is 0 Å². The van der Waals surface area contributed by atoms with Gasteiger partial charge >= 0.3 is 0 Å². The minimum Gasteiger partial charge on any atom is -0.362 e. The second-order valence-electron chi connectivity index (χ2n) is 7.68. The van der Waals surface area contributed by atoms with Crippen molar-refractivity contribution in [3.05, 3.63) is 109 Å². The molecule has 0 radical (unpaired) electrons. The maximum absolute atomic E-state index is 12.5. The summed E-state index contributed by atoms with van der Waals surface area (Å²) < 4.78 is 1.86. The predicted octanol–water partition coefficient (Wildman–Crippen LogP) is 5.24. The summed E-state index contributed by atoms with van der Waals surface area (Å²) >= 11 is 0. The van der Waals surface area contributed by atoms with Crippen molar-refractivity contribution >= 4 is 28.4 Å². The molecule has 0 spiro atoms. The number of anilines is 2. The quantitative estimate of drug-likeness (QED) is 0.382. The molecule has 1 atom stereocenters. The molecule has 2 aromatic heterocycles. The molecule has 3 aromatic carbocycles. The van der Waals surface area contributed by atoms with Crippen LogP contribution in [0.1, 0.15) is 28.9 Å². The van der Waals surface area contributed by atoms with E-state index in [9.17, 15) is 4.79 Å². The van der Waals surface area contributed by atoms with Crippen molar-refractivity contribution < 1.29 is 4.79 Å². The Morgan fingerprint density at radius 1 is 0.939 bits per heavy atom. The first kappa shape index (κ1) is 20.4. The van der Waals surface area contributed by atoms with Gasteiger partial charge in [0.05, 0.1) is 23.4 Å². The molecule has 0 aliphatic heterocycles. The summed E-state index contributed by atoms with van der Waals surface area (Å²) in [5.41, 5.74) is 4.06. The van der Waals surface area contributed by atoms with E-state index >= 15 is 0 Å². The molecule has 0 fully saturated rings. The van der Waals surface area contributed by atoms with Gasteiger partial charge in [0.25, 0.3) is 5.91 Å². The van der Waals surface area contributed by atoms with Crippen LogP contribution < -0.4 is 10.6 Å². The number of fused-ring (bicyclic) bond motifs is 1. The molecule has 0 saturated heterocycles. The number of carbonyl (C=O) groups is 1. The highest BCUT2D eigenvalue weighted by molar-refractivity contribution is 6.05. The van der Waals surface area contributed by atoms with E-state index in [2.05, 4.69) is 39.7 Å². The first-order valence-corrected chi connectivity index (χ1v) is 10.6. The summed E-state index contributed by atoms with van der Waals surface area (Å²) in [6, 6.07) is 25.0. The Morgan fingerprint density at radius 3 is 2.48 bits per heavy atom. The van der Waals surface area contributed by atoms with Gasteiger partial charge in [-0.15, -0.1) is 0 Å². The SMILES string of the molecule is C[C@H](Nc1cncc(-n2cnc3ccc(NC(=O)c4ccccc4)cc32)n1)c1ccccc1. The Hall–Kier alpha value is -4.52. The van der Waals surface area contributed by atoms with E-state index in [1.807, 2.05) is 59.2 Å². The van der Waals surface area contributed by atoms with Crippen molar-refractivity contribution in [1.82, 2.24) is 19.5 Å². The van der Waals surface area contributed by atoms with Gasteiger partial charge in [0.15, 0.2) is 5.82 Å². The molecular formula is C26H22N6O. The second-order valence-corrected chi connectivity index (χ2v) is 7.68. The lowest BCUT2D eigenvalue weighted by Gasteiger charge is -2.15. The zero-order chi connectivity index (χ0) is 22.6. The standard InChI is InChI=1S/C26H22N6O/c1-18(19-8-4-2-5-9-19)29-24-15-27-16-25(31-24)32-17-28-22-13-12-21(14-23(22)32)30-26(33)20-10-6-3-7-11-20/h2-18H,1H3,(H,29,31)(H,30,33)/t18-/m0/s1. The van der Waals surface area contributed by atoms with E-state index in [0.29, 0.717) is 22.9 Å². The van der Waals surface area contributed by atoms with Gasteiger partial charge in [-0.25, -0.2) is 9.97 Å². The van der Waals surface area contributed by atoms with Crippen molar-refractivity contribution in [3.63, 3.8) is 0 Å². The number of hydrogen-bond donors (Lipinski definition) is 2. The van der Waals surface area contributed by atoms with Gasteiger partial charge in [0.1, 0.15) is 12.1 Å². The summed E-state index contributed by atoms with van der Waals surface area (Å²) in [6.07, 6.45) is 5.10. The molecule has 7 nitrogen and oxygen atoms in total. The number of hydrogen-bond acceptors (Lipinski definition) is 5. The van der Waals surface area contributed by atoms with Crippen molar-refractivity contribution in [2.75, 3.05) is 10.6 Å². The zero-order valence-corrected chi connectivity index (χ0v) is 18.0. The Balaban J connectivity index is 1.41. The van der Waals surface area contributed by atoms with Crippen LogP contribution in [0.4, 0.5) is 11.5 Å². The fourth-order valence-electron chi connectivity index (χ4n) is 3.65. The Labute approximate surface area is 191 Å². The third-order valence-electron chi connectivity index (χ3n) is 5.37. The molecule has 0 aliphatic carbocycles. The lowest BCUT2D eigenvalue weighted by atomic mass is 10.1. The second kappa shape index (κ2) is 8.92. The topological polar surface area (TPSA) is 84.7 Å². The first-order chi connectivity index (χ1) is 16.2. The average molecular weight is 435 g/mol. The van der Waals surface area contributed by atoms with E-state index in [4.69, 9.17) is 4.98 Å². The molecule has 2 heterocycles. The fraction of sp³-hybridized carbons (Fsp3) is 0.0769. The smallest absolute Gasteiger partial charge is 0.255 e. The number of carbonyl (C=O) groups excluding carboxylic acids is 1. The summed E-state index contributed by atoms with van der Waals surface area (Å²) in [7, 11) is 0. The van der Waals surface area contributed by atoms with Gasteiger partial charge in [-0.2, -0.15) is 0 Å². The predicted molar refractivity (Wildman–Crippen MR) is 130 cm³/mol. The van der Waals surface area contributed by atoms with Gasteiger partial charge in [-0.1, -0.05) is 48.5 Å². The summed E-state index contributed by atoms with van der Waals surface area (Å²) in [5, 5.41) is 6.35. The Bertz CT molecular complexity index is 1400. The molecule has 0 aliphatic rings. The maximum atomic E-state index is 12.5. The van der Waals surface area contributed by atoms with Crippen LogP contribution in [-0.2, 0) is 0 Å². The molecule has 1 amide bonds. The van der Waals surface area contributed by atoms with E-state index in [0.717, 1.165) is 16.6 Å². The van der Waals surface area contributed by atoms with Crippen LogP contribution in [0.15, 0.2) is 97.6 Å². The molecule has 0 bridgehead atoms. The third-order valence-corrected chi connectivity index (χ3v) is 5.37. The van der Waals surface area contributed by atoms with Gasteiger partial charge < -0.3 is 10.6 Å². The molecule has 0 unspecified atom stereocenters. The number of nitrogens with zero attached hydrogens (tertiary/aromatic N) is 4. The zero-order valence-electron chi connectivity index (χ0n) is 18.0. The summed E-state index contributed by atoms with van der Waals surface area (Å²) in [6.45, 7) is 2.08. The molecule has 0 saturated carbocycles. The number of nitrogens with one attached hydrogen (secondary N) is 2. The minimum absolute atomic E-state index is 0.0788. The van der Waals surface area contributed by atoms with E-state index in [1.54, 1.807) is 30.9 Å². The van der Waals surface area contributed by atoms with Crippen LogP contribution in [0.25, 0.3) is 16.9 Å². The third kappa shape index (κ3) is 4.43. The van der Waals surface area contributed by atoms with E-state index in [-0.39, 0.29) is 11.9 Å². The van der Waals surface area contributed by atoms with Gasteiger partial charge in [-0.3, -0.25) is 14.3 Å². The molecule has 2 N–H and O–H groups in total.